The summed E-state index contributed by atoms with van der Waals surface area (Å²) in [6.45, 7) is 7.36. The molecule has 8 nitrogen and oxygen atoms in total. The van der Waals surface area contributed by atoms with E-state index in [-0.39, 0.29) is 5.75 Å². The van der Waals surface area contributed by atoms with Crippen LogP contribution in [-0.2, 0) is 16.0 Å². The lowest BCUT2D eigenvalue weighted by Crippen LogP contribution is -2.34. The Morgan fingerprint density at radius 1 is 1.23 bits per heavy atom. The third kappa shape index (κ3) is 6.60. The number of hydrogen-bond acceptors (Lipinski definition) is 6. The largest absolute Gasteiger partial charge is 0.504 e. The molecule has 2 amide bonds. The number of carbonyl (C=O) groups is 2. The molecule has 0 aliphatic carbocycles. The molecule has 164 valence electrons. The summed E-state index contributed by atoms with van der Waals surface area (Å²) < 4.78 is 10.5. The van der Waals surface area contributed by atoms with E-state index in [4.69, 9.17) is 9.47 Å². The topological polar surface area (TPSA) is 109 Å². The second kappa shape index (κ2) is 11.4. The van der Waals surface area contributed by atoms with Crippen molar-refractivity contribution in [2.75, 3.05) is 19.0 Å². The molecule has 0 heterocycles. The van der Waals surface area contributed by atoms with Crippen LogP contribution in [0.25, 0.3) is 0 Å². The molecule has 31 heavy (non-hydrogen) atoms. The number of benzene rings is 2. The second-order valence-electron chi connectivity index (χ2n) is 6.63. The van der Waals surface area contributed by atoms with Crippen LogP contribution >= 0.6 is 0 Å². The molecule has 8 heteroatoms. The monoisotopic (exact) mass is 425 g/mol. The first-order valence-electron chi connectivity index (χ1n) is 9.77. The maximum atomic E-state index is 12.3. The van der Waals surface area contributed by atoms with E-state index in [0.29, 0.717) is 41.3 Å². The van der Waals surface area contributed by atoms with Crippen molar-refractivity contribution in [2.24, 2.45) is 11.0 Å². The highest BCUT2D eigenvalue weighted by Gasteiger charge is 2.21. The average Bonchev–Trinajstić information content (AvgIpc) is 2.77. The van der Waals surface area contributed by atoms with E-state index in [2.05, 4.69) is 22.4 Å². The number of nitrogens with one attached hydrogen (secondary N) is 2. The summed E-state index contributed by atoms with van der Waals surface area (Å²) in [6, 6.07) is 10.1. The van der Waals surface area contributed by atoms with Gasteiger partial charge in [0.2, 0.25) is 5.91 Å². The van der Waals surface area contributed by atoms with Crippen LogP contribution in [0, 0.1) is 5.92 Å². The number of hydrogen-bond donors (Lipinski definition) is 3. The number of hydrazone groups is 1. The third-order valence-corrected chi connectivity index (χ3v) is 4.37. The molecular weight excluding hydrogens is 398 g/mol. The first-order valence-corrected chi connectivity index (χ1v) is 9.77. The number of amides is 2. The molecule has 2 rings (SSSR count). The zero-order valence-electron chi connectivity index (χ0n) is 17.8. The fraction of sp³-hybridized carbons (Fsp3) is 0.261. The molecule has 2 aromatic carbocycles. The zero-order valence-corrected chi connectivity index (χ0v) is 17.8. The molecule has 0 spiro atoms. The number of nitrogens with zero attached hydrogens (tertiary/aromatic N) is 1. The van der Waals surface area contributed by atoms with Gasteiger partial charge in [0.25, 0.3) is 5.91 Å². The summed E-state index contributed by atoms with van der Waals surface area (Å²) in [5, 5.41) is 16.8. The Morgan fingerprint density at radius 2 is 1.94 bits per heavy atom. The van der Waals surface area contributed by atoms with Crippen molar-refractivity contribution in [2.45, 2.75) is 20.3 Å². The Kier molecular flexibility index (Phi) is 8.63. The smallest absolute Gasteiger partial charge is 0.252 e. The van der Waals surface area contributed by atoms with Crippen LogP contribution < -0.4 is 20.2 Å². The highest BCUT2D eigenvalue weighted by Crippen LogP contribution is 2.31. The average molecular weight is 425 g/mol. The number of rotatable bonds is 10. The van der Waals surface area contributed by atoms with E-state index >= 15 is 0 Å². The van der Waals surface area contributed by atoms with Gasteiger partial charge in [0.05, 0.1) is 19.9 Å². The van der Waals surface area contributed by atoms with E-state index in [1.165, 1.54) is 13.1 Å². The van der Waals surface area contributed by atoms with Crippen LogP contribution in [0.4, 0.5) is 5.69 Å². The summed E-state index contributed by atoms with van der Waals surface area (Å²) >= 11 is 0. The number of aromatic hydroxyl groups is 1. The van der Waals surface area contributed by atoms with Gasteiger partial charge in [-0.15, -0.1) is 6.58 Å². The maximum Gasteiger partial charge on any atom is 0.252 e. The Balaban J connectivity index is 2.01. The zero-order chi connectivity index (χ0) is 22.8. The molecule has 0 aliphatic heterocycles. The van der Waals surface area contributed by atoms with Gasteiger partial charge in [0.15, 0.2) is 11.5 Å². The second-order valence-corrected chi connectivity index (χ2v) is 6.63. The Labute approximate surface area is 181 Å². The third-order valence-electron chi connectivity index (χ3n) is 4.37. The molecule has 0 saturated carbocycles. The molecule has 0 radical (unpaired) electrons. The van der Waals surface area contributed by atoms with Crippen LogP contribution in [0.3, 0.4) is 0 Å². The van der Waals surface area contributed by atoms with Gasteiger partial charge in [-0.1, -0.05) is 6.08 Å². The molecular formula is C23H27N3O5. The number of methoxy groups -OCH3 is 1. The molecule has 1 atom stereocenters. The molecule has 0 fully saturated rings. The van der Waals surface area contributed by atoms with Crippen molar-refractivity contribution in [3.63, 3.8) is 0 Å². The number of phenolic OH excluding ortho intramolecular Hbond substituents is 1. The summed E-state index contributed by atoms with van der Waals surface area (Å²) in [7, 11) is 1.55. The first kappa shape index (κ1) is 23.5. The van der Waals surface area contributed by atoms with Crippen LogP contribution in [0.1, 0.15) is 25.0 Å². The number of allylic oxidation sites excluding steroid dienone is 1. The van der Waals surface area contributed by atoms with Crippen LogP contribution in [0.2, 0.25) is 0 Å². The highest BCUT2D eigenvalue weighted by molar-refractivity contribution is 6.06. The number of phenols is 1. The fourth-order valence-corrected chi connectivity index (χ4v) is 2.65. The van der Waals surface area contributed by atoms with E-state index in [0.717, 1.165) is 0 Å². The minimum Gasteiger partial charge on any atom is -0.504 e. The van der Waals surface area contributed by atoms with E-state index in [9.17, 15) is 14.7 Å². The van der Waals surface area contributed by atoms with E-state index in [1.54, 1.807) is 49.6 Å². The van der Waals surface area contributed by atoms with Crippen molar-refractivity contribution >= 4 is 23.7 Å². The van der Waals surface area contributed by atoms with Crippen LogP contribution in [0.15, 0.2) is 54.2 Å². The first-order chi connectivity index (χ1) is 14.9. The Morgan fingerprint density at radius 3 is 2.55 bits per heavy atom. The highest BCUT2D eigenvalue weighted by atomic mass is 16.5. The van der Waals surface area contributed by atoms with Gasteiger partial charge < -0.3 is 19.9 Å². The van der Waals surface area contributed by atoms with Crippen LogP contribution in [0.5, 0.6) is 17.2 Å². The normalized spacial score (nSPS) is 11.6. The van der Waals surface area contributed by atoms with Gasteiger partial charge in [-0.2, -0.15) is 5.10 Å². The maximum absolute atomic E-state index is 12.3. The minimum atomic E-state index is -0.964. The van der Waals surface area contributed by atoms with Crippen molar-refractivity contribution in [3.05, 3.63) is 60.2 Å². The number of anilines is 1. The van der Waals surface area contributed by atoms with E-state index < -0.39 is 17.7 Å². The standard InChI is InChI=1S/C23H27N3O5/c1-5-7-17-12-16(13-20(21(17)27)31-6-2)14-24-26-23(29)15(3)22(28)25-18-8-10-19(30-4)11-9-18/h5,8-15,27H,1,6-7H2,2-4H3,(H,25,28)(H,26,29)/b24-14+. The Hall–Kier alpha value is -3.81. The van der Waals surface area contributed by atoms with Gasteiger partial charge >= 0.3 is 0 Å². The van der Waals surface area contributed by atoms with Gasteiger partial charge in [-0.05, 0) is 62.2 Å². The molecule has 1 unspecified atom stereocenters. The number of ether oxygens (including phenoxy) is 2. The predicted molar refractivity (Wildman–Crippen MR) is 120 cm³/mol. The van der Waals surface area contributed by atoms with Crippen molar-refractivity contribution in [3.8, 4) is 17.2 Å². The predicted octanol–water partition coefficient (Wildman–Crippen LogP) is 3.25. The van der Waals surface area contributed by atoms with Crippen molar-refractivity contribution < 1.29 is 24.2 Å². The molecule has 0 aromatic heterocycles. The SMILES string of the molecule is C=CCc1cc(/C=N/NC(=O)C(C)C(=O)Nc2ccc(OC)cc2)cc(OCC)c1O. The number of carbonyl (C=O) groups excluding carboxylic acids is 2. The lowest BCUT2D eigenvalue weighted by Gasteiger charge is -2.12. The quantitative estimate of drug-likeness (QED) is 0.234. The summed E-state index contributed by atoms with van der Waals surface area (Å²) in [4.78, 5) is 24.6. The van der Waals surface area contributed by atoms with Crippen LogP contribution in [-0.4, -0.2) is 36.9 Å². The Bertz CT molecular complexity index is 954. The van der Waals surface area contributed by atoms with Gasteiger partial charge in [-0.25, -0.2) is 5.43 Å². The summed E-state index contributed by atoms with van der Waals surface area (Å²) in [5.41, 5.74) is 4.16. The molecule has 2 aromatic rings. The van der Waals surface area contributed by atoms with Crippen molar-refractivity contribution in [1.29, 1.82) is 0 Å². The van der Waals surface area contributed by atoms with Crippen molar-refractivity contribution in [1.82, 2.24) is 5.43 Å². The fourth-order valence-electron chi connectivity index (χ4n) is 2.65. The van der Waals surface area contributed by atoms with E-state index in [1.807, 2.05) is 6.92 Å². The summed E-state index contributed by atoms with van der Waals surface area (Å²) in [6.07, 6.45) is 3.53. The van der Waals surface area contributed by atoms with Gasteiger partial charge in [0, 0.05) is 11.3 Å². The van der Waals surface area contributed by atoms with Gasteiger partial charge in [-0.3, -0.25) is 9.59 Å². The summed E-state index contributed by atoms with van der Waals surface area (Å²) in [5.74, 6) is -0.953. The molecule has 0 saturated heterocycles. The lowest BCUT2D eigenvalue weighted by molar-refractivity contribution is -0.131. The molecule has 0 aliphatic rings. The molecule has 3 N–H and O–H groups in total. The lowest BCUT2D eigenvalue weighted by atomic mass is 10.1. The van der Waals surface area contributed by atoms with Gasteiger partial charge in [0.1, 0.15) is 11.7 Å². The molecule has 0 bridgehead atoms. The minimum absolute atomic E-state index is 0.0479.